The van der Waals surface area contributed by atoms with Gasteiger partial charge in [0.1, 0.15) is 5.82 Å². The highest BCUT2D eigenvalue weighted by atomic mass is 35.5. The molecule has 3 aromatic rings. The van der Waals surface area contributed by atoms with Crippen LogP contribution in [0.2, 0.25) is 5.02 Å². The van der Waals surface area contributed by atoms with Crippen LogP contribution in [0.15, 0.2) is 72.8 Å². The molecule has 0 radical (unpaired) electrons. The summed E-state index contributed by atoms with van der Waals surface area (Å²) in [5.74, 6) is -1.25. The fraction of sp³-hybridized carbons (Fsp3) is 0.290. The smallest absolute Gasteiger partial charge is 0.248 e. The highest BCUT2D eigenvalue weighted by Gasteiger charge is 2.41. The SMILES string of the molecule is Nc1ccccc1NC(=O)/C=C/c1ccc(C2CN(C3CCOCC3)CC2C(=O)Nc2ccc(F)c(Cl)c2)cc1. The summed E-state index contributed by atoms with van der Waals surface area (Å²) in [6, 6.07) is 19.6. The number of benzene rings is 3. The number of likely N-dealkylation sites (tertiary alicyclic amines) is 1. The molecule has 4 N–H and O–H groups in total. The molecule has 2 unspecified atom stereocenters. The number of halogens is 2. The largest absolute Gasteiger partial charge is 0.397 e. The maximum absolute atomic E-state index is 13.6. The second kappa shape index (κ2) is 12.6. The number of para-hydroxylation sites is 2. The molecule has 0 spiro atoms. The zero-order chi connectivity index (χ0) is 28.1. The van der Waals surface area contributed by atoms with Crippen LogP contribution in [0.4, 0.5) is 21.5 Å². The van der Waals surface area contributed by atoms with E-state index < -0.39 is 5.82 Å². The van der Waals surface area contributed by atoms with E-state index in [0.29, 0.717) is 29.6 Å². The van der Waals surface area contributed by atoms with Gasteiger partial charge < -0.3 is 21.1 Å². The van der Waals surface area contributed by atoms with Gasteiger partial charge in [0.2, 0.25) is 11.8 Å². The van der Waals surface area contributed by atoms with E-state index in [4.69, 9.17) is 22.1 Å². The Balaban J connectivity index is 1.30. The lowest BCUT2D eigenvalue weighted by molar-refractivity contribution is -0.120. The number of hydrogen-bond donors (Lipinski definition) is 3. The van der Waals surface area contributed by atoms with Gasteiger partial charge in [-0.05, 0) is 60.4 Å². The molecule has 2 saturated heterocycles. The number of ether oxygens (including phenoxy) is 1. The summed E-state index contributed by atoms with van der Waals surface area (Å²) in [7, 11) is 0. The van der Waals surface area contributed by atoms with Crippen molar-refractivity contribution in [2.24, 2.45) is 5.92 Å². The number of carbonyl (C=O) groups excluding carboxylic acids is 2. The first-order chi connectivity index (χ1) is 19.4. The van der Waals surface area contributed by atoms with Crippen LogP contribution in [0, 0.1) is 11.7 Å². The number of nitrogens with two attached hydrogens (primary N) is 1. The molecule has 0 saturated carbocycles. The Bertz CT molecular complexity index is 1390. The van der Waals surface area contributed by atoms with E-state index in [1.54, 1.807) is 18.2 Å². The van der Waals surface area contributed by atoms with Crippen molar-refractivity contribution in [2.45, 2.75) is 24.8 Å². The van der Waals surface area contributed by atoms with Gasteiger partial charge in [0, 0.05) is 50.0 Å². The fourth-order valence-corrected chi connectivity index (χ4v) is 5.59. The van der Waals surface area contributed by atoms with Crippen LogP contribution >= 0.6 is 11.6 Å². The molecule has 7 nitrogen and oxygen atoms in total. The molecule has 9 heteroatoms. The van der Waals surface area contributed by atoms with E-state index >= 15 is 0 Å². The maximum atomic E-state index is 13.6. The maximum Gasteiger partial charge on any atom is 0.248 e. The molecule has 2 aliphatic heterocycles. The van der Waals surface area contributed by atoms with Crippen LogP contribution in [0.25, 0.3) is 6.08 Å². The van der Waals surface area contributed by atoms with Gasteiger partial charge in [-0.2, -0.15) is 0 Å². The first kappa shape index (κ1) is 27.8. The number of anilines is 3. The highest BCUT2D eigenvalue weighted by molar-refractivity contribution is 6.31. The number of amides is 2. The van der Waals surface area contributed by atoms with E-state index in [1.165, 1.54) is 24.3 Å². The number of rotatable bonds is 7. The van der Waals surface area contributed by atoms with Crippen LogP contribution in [-0.4, -0.2) is 49.1 Å². The summed E-state index contributed by atoms with van der Waals surface area (Å²) in [6.45, 7) is 2.83. The normalized spacial score (nSPS) is 20.1. The summed E-state index contributed by atoms with van der Waals surface area (Å²) in [5.41, 5.74) is 9.34. The summed E-state index contributed by atoms with van der Waals surface area (Å²) in [6.07, 6.45) is 5.09. The molecule has 2 amide bonds. The Morgan fingerprint density at radius 3 is 2.48 bits per heavy atom. The van der Waals surface area contributed by atoms with Crippen molar-refractivity contribution in [2.75, 3.05) is 42.7 Å². The van der Waals surface area contributed by atoms with Crippen molar-refractivity contribution in [3.05, 3.63) is 94.8 Å². The predicted molar refractivity (Wildman–Crippen MR) is 157 cm³/mol. The minimum Gasteiger partial charge on any atom is -0.397 e. The lowest BCUT2D eigenvalue weighted by Crippen LogP contribution is -2.38. The van der Waals surface area contributed by atoms with Crippen LogP contribution in [-0.2, 0) is 14.3 Å². The fourth-order valence-electron chi connectivity index (χ4n) is 5.41. The van der Waals surface area contributed by atoms with Crippen molar-refractivity contribution in [3.63, 3.8) is 0 Å². The molecule has 0 aliphatic carbocycles. The van der Waals surface area contributed by atoms with Crippen LogP contribution in [0.1, 0.15) is 29.9 Å². The van der Waals surface area contributed by atoms with Crippen LogP contribution in [0.3, 0.4) is 0 Å². The van der Waals surface area contributed by atoms with Gasteiger partial charge in [-0.1, -0.05) is 48.0 Å². The van der Waals surface area contributed by atoms with Gasteiger partial charge in [-0.25, -0.2) is 4.39 Å². The van der Waals surface area contributed by atoms with Crippen LogP contribution < -0.4 is 16.4 Å². The zero-order valence-corrected chi connectivity index (χ0v) is 22.7. The topological polar surface area (TPSA) is 96.7 Å². The Labute approximate surface area is 238 Å². The third kappa shape index (κ3) is 6.70. The van der Waals surface area contributed by atoms with Gasteiger partial charge in [0.05, 0.1) is 22.3 Å². The van der Waals surface area contributed by atoms with E-state index in [-0.39, 0.29) is 28.7 Å². The molecule has 2 fully saturated rings. The molecule has 2 atom stereocenters. The third-order valence-corrected chi connectivity index (χ3v) is 7.88. The Morgan fingerprint density at radius 2 is 1.75 bits per heavy atom. The Hall–Kier alpha value is -3.72. The molecule has 208 valence electrons. The lowest BCUT2D eigenvalue weighted by Gasteiger charge is -2.31. The van der Waals surface area contributed by atoms with Gasteiger partial charge >= 0.3 is 0 Å². The molecule has 2 aliphatic rings. The zero-order valence-electron chi connectivity index (χ0n) is 22.0. The summed E-state index contributed by atoms with van der Waals surface area (Å²) in [4.78, 5) is 28.2. The standard InChI is InChI=1S/C31H32ClFN4O3/c32-26-17-22(10-11-27(26)33)35-31(39)25-19-37(23-13-15-40-16-14-23)18-24(25)21-8-5-20(6-9-21)7-12-30(38)36-29-4-2-1-3-28(29)34/h1-12,17,23-25H,13-16,18-19,34H2,(H,35,39)(H,36,38)/b12-7+. The predicted octanol–water partition coefficient (Wildman–Crippen LogP) is 5.55. The second-order valence-corrected chi connectivity index (χ2v) is 10.6. The quantitative estimate of drug-likeness (QED) is 0.259. The van der Waals surface area contributed by atoms with Crippen molar-refractivity contribution in [1.29, 1.82) is 0 Å². The average Bonchev–Trinajstić information content (AvgIpc) is 3.42. The first-order valence-electron chi connectivity index (χ1n) is 13.4. The number of nitrogen functional groups attached to an aromatic ring is 1. The van der Waals surface area contributed by atoms with Crippen molar-refractivity contribution in [3.8, 4) is 0 Å². The van der Waals surface area contributed by atoms with Gasteiger partial charge in [-0.3, -0.25) is 14.5 Å². The average molecular weight is 563 g/mol. The summed E-state index contributed by atoms with van der Waals surface area (Å²) >= 11 is 5.93. The molecule has 5 rings (SSSR count). The summed E-state index contributed by atoms with van der Waals surface area (Å²) < 4.78 is 19.2. The Kier molecular flexibility index (Phi) is 8.79. The third-order valence-electron chi connectivity index (χ3n) is 7.59. The number of hydrogen-bond acceptors (Lipinski definition) is 5. The number of nitrogens with one attached hydrogen (secondary N) is 2. The second-order valence-electron chi connectivity index (χ2n) is 10.2. The van der Waals surface area contributed by atoms with E-state index in [9.17, 15) is 14.0 Å². The van der Waals surface area contributed by atoms with E-state index in [2.05, 4.69) is 15.5 Å². The van der Waals surface area contributed by atoms with Crippen LogP contribution in [0.5, 0.6) is 0 Å². The molecule has 3 aromatic carbocycles. The molecular formula is C31H32ClFN4O3. The van der Waals surface area contributed by atoms with Crippen molar-refractivity contribution >= 4 is 46.6 Å². The van der Waals surface area contributed by atoms with Gasteiger partial charge in [0.15, 0.2) is 0 Å². The molecule has 40 heavy (non-hydrogen) atoms. The van der Waals surface area contributed by atoms with E-state index in [1.807, 2.05) is 36.4 Å². The monoisotopic (exact) mass is 562 g/mol. The molecule has 0 aromatic heterocycles. The molecule has 0 bridgehead atoms. The van der Waals surface area contributed by atoms with Gasteiger partial charge in [0.25, 0.3) is 0 Å². The molecule has 2 heterocycles. The van der Waals surface area contributed by atoms with Crippen molar-refractivity contribution < 1.29 is 18.7 Å². The Morgan fingerprint density at radius 1 is 1.00 bits per heavy atom. The minimum atomic E-state index is -0.528. The van der Waals surface area contributed by atoms with Crippen molar-refractivity contribution in [1.82, 2.24) is 4.90 Å². The van der Waals surface area contributed by atoms with Gasteiger partial charge in [-0.15, -0.1) is 0 Å². The number of nitrogens with zero attached hydrogens (tertiary/aromatic N) is 1. The minimum absolute atomic E-state index is 0.0267. The first-order valence-corrected chi connectivity index (χ1v) is 13.8. The lowest BCUT2D eigenvalue weighted by atomic mass is 9.88. The summed E-state index contributed by atoms with van der Waals surface area (Å²) in [5, 5.41) is 5.68. The van der Waals surface area contributed by atoms with E-state index in [0.717, 1.165) is 43.7 Å². The molecular weight excluding hydrogens is 531 g/mol. The number of carbonyl (C=O) groups is 2. The highest BCUT2D eigenvalue weighted by Crippen LogP contribution is 2.36.